The smallest absolute Gasteiger partial charge is 0.257 e. The van der Waals surface area contributed by atoms with E-state index in [0.29, 0.717) is 36.8 Å². The molecule has 0 radical (unpaired) electrons. The summed E-state index contributed by atoms with van der Waals surface area (Å²) in [6.45, 7) is 10.7. The summed E-state index contributed by atoms with van der Waals surface area (Å²) >= 11 is 0. The van der Waals surface area contributed by atoms with E-state index in [1.54, 1.807) is 11.0 Å². The van der Waals surface area contributed by atoms with Crippen LogP contribution in [-0.4, -0.2) is 47.8 Å². The molecule has 5 heteroatoms. The Morgan fingerprint density at radius 1 is 1.21 bits per heavy atom. The van der Waals surface area contributed by atoms with Gasteiger partial charge in [-0.05, 0) is 45.1 Å². The summed E-state index contributed by atoms with van der Waals surface area (Å²) in [6, 6.07) is 1.79. The van der Waals surface area contributed by atoms with Gasteiger partial charge in [0.15, 0.2) is 0 Å². The first-order valence-electron chi connectivity index (χ1n) is 9.02. The largest absolute Gasteiger partial charge is 0.466 e. The van der Waals surface area contributed by atoms with Crippen molar-refractivity contribution < 1.29 is 14.0 Å². The summed E-state index contributed by atoms with van der Waals surface area (Å²) in [5.74, 6) is 1.87. The van der Waals surface area contributed by atoms with E-state index in [0.717, 1.165) is 31.7 Å². The molecule has 0 saturated carbocycles. The number of carbonyl (C=O) groups is 2. The average molecular weight is 334 g/mol. The molecule has 0 bridgehead atoms. The Morgan fingerprint density at radius 2 is 1.88 bits per heavy atom. The number of likely N-dealkylation sites (tertiary alicyclic amines) is 1. The van der Waals surface area contributed by atoms with Crippen molar-refractivity contribution in [2.45, 2.75) is 53.4 Å². The second-order valence-electron chi connectivity index (χ2n) is 7.16. The summed E-state index contributed by atoms with van der Waals surface area (Å²) in [6.07, 6.45) is 3.79. The number of nitrogens with zero attached hydrogens (tertiary/aromatic N) is 2. The molecule has 24 heavy (non-hydrogen) atoms. The van der Waals surface area contributed by atoms with Gasteiger partial charge in [-0.25, -0.2) is 0 Å². The van der Waals surface area contributed by atoms with Gasteiger partial charge in [-0.2, -0.15) is 0 Å². The highest BCUT2D eigenvalue weighted by atomic mass is 16.3. The molecule has 1 saturated heterocycles. The van der Waals surface area contributed by atoms with E-state index in [9.17, 15) is 9.59 Å². The minimum Gasteiger partial charge on any atom is -0.466 e. The lowest BCUT2D eigenvalue weighted by atomic mass is 10.1. The van der Waals surface area contributed by atoms with Crippen LogP contribution in [0.15, 0.2) is 10.5 Å². The lowest BCUT2D eigenvalue weighted by molar-refractivity contribution is -0.132. The summed E-state index contributed by atoms with van der Waals surface area (Å²) in [7, 11) is 0. The number of hydrogen-bond donors (Lipinski definition) is 0. The van der Waals surface area contributed by atoms with Crippen LogP contribution >= 0.6 is 0 Å². The molecule has 2 amide bonds. The average Bonchev–Trinajstić information content (AvgIpc) is 2.89. The van der Waals surface area contributed by atoms with Crippen LogP contribution in [0.1, 0.15) is 61.4 Å². The molecule has 0 unspecified atom stereocenters. The normalized spacial score (nSPS) is 15.0. The maximum Gasteiger partial charge on any atom is 0.257 e. The first-order valence-corrected chi connectivity index (χ1v) is 9.02. The minimum atomic E-state index is -0.0375. The van der Waals surface area contributed by atoms with Crippen LogP contribution in [0.3, 0.4) is 0 Å². The van der Waals surface area contributed by atoms with E-state index in [4.69, 9.17) is 4.42 Å². The third-order valence-corrected chi connectivity index (χ3v) is 4.45. The lowest BCUT2D eigenvalue weighted by Gasteiger charge is -2.29. The van der Waals surface area contributed by atoms with Gasteiger partial charge in [-0.1, -0.05) is 13.8 Å². The fraction of sp³-hybridized carbons (Fsp3) is 0.684. The molecule has 134 valence electrons. The molecule has 1 aromatic rings. The maximum absolute atomic E-state index is 12.8. The van der Waals surface area contributed by atoms with Gasteiger partial charge in [0.25, 0.3) is 5.91 Å². The quantitative estimate of drug-likeness (QED) is 0.801. The second kappa shape index (κ2) is 8.36. The molecule has 1 fully saturated rings. The van der Waals surface area contributed by atoms with Crippen molar-refractivity contribution in [2.75, 3.05) is 26.2 Å². The van der Waals surface area contributed by atoms with Crippen LogP contribution in [-0.2, 0) is 4.79 Å². The fourth-order valence-corrected chi connectivity index (χ4v) is 3.26. The predicted octanol–water partition coefficient (Wildman–Crippen LogP) is 3.40. The van der Waals surface area contributed by atoms with Crippen LogP contribution < -0.4 is 0 Å². The fourth-order valence-electron chi connectivity index (χ4n) is 3.26. The monoisotopic (exact) mass is 334 g/mol. The Kier molecular flexibility index (Phi) is 6.46. The maximum atomic E-state index is 12.8. The van der Waals surface area contributed by atoms with Crippen molar-refractivity contribution in [2.24, 2.45) is 5.92 Å². The Bertz CT molecular complexity index is 571. The molecule has 5 nitrogen and oxygen atoms in total. The number of furan rings is 1. The molecule has 1 aromatic heterocycles. The van der Waals surface area contributed by atoms with Gasteiger partial charge in [0.05, 0.1) is 5.56 Å². The van der Waals surface area contributed by atoms with Crippen molar-refractivity contribution in [3.05, 3.63) is 23.2 Å². The number of rotatable bonds is 6. The number of aryl methyl sites for hydroxylation is 2. The summed E-state index contributed by atoms with van der Waals surface area (Å²) in [5, 5.41) is 0. The van der Waals surface area contributed by atoms with E-state index in [1.165, 1.54) is 6.42 Å². The molecule has 0 spiro atoms. The second-order valence-corrected chi connectivity index (χ2v) is 7.16. The van der Waals surface area contributed by atoms with Crippen molar-refractivity contribution in [3.8, 4) is 0 Å². The molecule has 1 aliphatic rings. The first kappa shape index (κ1) is 18.6. The zero-order chi connectivity index (χ0) is 17.7. The highest BCUT2D eigenvalue weighted by molar-refractivity contribution is 5.95. The summed E-state index contributed by atoms with van der Waals surface area (Å²) in [4.78, 5) is 29.0. The Hall–Kier alpha value is -1.78. The zero-order valence-corrected chi connectivity index (χ0v) is 15.4. The first-order chi connectivity index (χ1) is 11.4. The van der Waals surface area contributed by atoms with E-state index in [-0.39, 0.29) is 11.8 Å². The van der Waals surface area contributed by atoms with Crippen molar-refractivity contribution in [1.82, 2.24) is 9.80 Å². The Balaban J connectivity index is 2.01. The van der Waals surface area contributed by atoms with Crippen LogP contribution in [0.2, 0.25) is 0 Å². The molecule has 0 aliphatic carbocycles. The SMILES string of the molecule is Cc1cc(C(=O)N(CCC(=O)N2CCCCC2)CC(C)C)c(C)o1. The number of piperidine rings is 1. The predicted molar refractivity (Wildman–Crippen MR) is 94.0 cm³/mol. The van der Waals surface area contributed by atoms with E-state index >= 15 is 0 Å². The van der Waals surface area contributed by atoms with Crippen LogP contribution in [0.5, 0.6) is 0 Å². The van der Waals surface area contributed by atoms with Gasteiger partial charge in [-0.15, -0.1) is 0 Å². The zero-order valence-electron chi connectivity index (χ0n) is 15.4. The molecule has 0 aromatic carbocycles. The summed E-state index contributed by atoms with van der Waals surface area (Å²) in [5.41, 5.74) is 0.610. The van der Waals surface area contributed by atoms with Gasteiger partial charge in [-0.3, -0.25) is 9.59 Å². The van der Waals surface area contributed by atoms with Gasteiger partial charge in [0.2, 0.25) is 5.91 Å². The van der Waals surface area contributed by atoms with Crippen LogP contribution in [0.4, 0.5) is 0 Å². The highest BCUT2D eigenvalue weighted by Gasteiger charge is 2.23. The van der Waals surface area contributed by atoms with Crippen molar-refractivity contribution >= 4 is 11.8 Å². The number of amides is 2. The van der Waals surface area contributed by atoms with Gasteiger partial charge in [0.1, 0.15) is 11.5 Å². The Morgan fingerprint density at radius 3 is 2.42 bits per heavy atom. The van der Waals surface area contributed by atoms with Gasteiger partial charge >= 0.3 is 0 Å². The third kappa shape index (κ3) is 4.86. The van der Waals surface area contributed by atoms with E-state index in [2.05, 4.69) is 13.8 Å². The van der Waals surface area contributed by atoms with Crippen molar-refractivity contribution in [1.29, 1.82) is 0 Å². The highest BCUT2D eigenvalue weighted by Crippen LogP contribution is 2.18. The van der Waals surface area contributed by atoms with Gasteiger partial charge in [0, 0.05) is 32.6 Å². The van der Waals surface area contributed by atoms with E-state index in [1.807, 2.05) is 18.7 Å². The molecule has 2 heterocycles. The topological polar surface area (TPSA) is 53.8 Å². The Labute approximate surface area is 145 Å². The summed E-state index contributed by atoms with van der Waals surface area (Å²) < 4.78 is 5.49. The molecule has 0 atom stereocenters. The minimum absolute atomic E-state index is 0.0375. The number of carbonyl (C=O) groups excluding carboxylic acids is 2. The molecular formula is C19H30N2O3. The van der Waals surface area contributed by atoms with Crippen LogP contribution in [0, 0.1) is 19.8 Å². The number of hydrogen-bond acceptors (Lipinski definition) is 3. The molecule has 1 aliphatic heterocycles. The standard InChI is InChI=1S/C19H30N2O3/c1-14(2)13-21(19(23)17-12-15(3)24-16(17)4)11-8-18(22)20-9-6-5-7-10-20/h12,14H,5-11,13H2,1-4H3. The molecule has 0 N–H and O–H groups in total. The molecular weight excluding hydrogens is 304 g/mol. The molecule has 2 rings (SSSR count). The van der Waals surface area contributed by atoms with Gasteiger partial charge < -0.3 is 14.2 Å². The van der Waals surface area contributed by atoms with Crippen LogP contribution in [0.25, 0.3) is 0 Å². The lowest BCUT2D eigenvalue weighted by Crippen LogP contribution is -2.40. The third-order valence-electron chi connectivity index (χ3n) is 4.45. The van der Waals surface area contributed by atoms with E-state index < -0.39 is 0 Å². The van der Waals surface area contributed by atoms with Crippen molar-refractivity contribution in [3.63, 3.8) is 0 Å².